The summed E-state index contributed by atoms with van der Waals surface area (Å²) >= 11 is 0. The Kier molecular flexibility index (Phi) is 2.48. The van der Waals surface area contributed by atoms with Gasteiger partial charge in [0.05, 0.1) is 11.3 Å². The van der Waals surface area contributed by atoms with Crippen molar-refractivity contribution < 1.29 is 5.11 Å². The number of rotatable bonds is 2. The lowest BCUT2D eigenvalue weighted by atomic mass is 10.1. The highest BCUT2D eigenvalue weighted by atomic mass is 16.3. The quantitative estimate of drug-likeness (QED) is 0.740. The van der Waals surface area contributed by atoms with Crippen LogP contribution in [-0.4, -0.2) is 38.7 Å². The molecule has 2 heterocycles. The molecule has 1 atom stereocenters. The van der Waals surface area contributed by atoms with E-state index in [1.807, 2.05) is 6.92 Å². The SMILES string of the molecule is CC1(O)CCN(Cc2cnccn2)C1. The normalized spacial score (nSPS) is 28.1. The molecule has 0 saturated carbocycles. The molecule has 1 aromatic rings. The number of nitrogens with zero attached hydrogens (tertiary/aromatic N) is 3. The first-order valence-corrected chi connectivity index (χ1v) is 4.85. The van der Waals surface area contributed by atoms with Crippen LogP contribution in [0, 0.1) is 0 Å². The van der Waals surface area contributed by atoms with Crippen LogP contribution in [0.3, 0.4) is 0 Å². The predicted octanol–water partition coefficient (Wildman–Crippen LogP) is 0.433. The molecule has 1 aliphatic rings. The van der Waals surface area contributed by atoms with E-state index in [1.54, 1.807) is 18.6 Å². The summed E-state index contributed by atoms with van der Waals surface area (Å²) in [5.74, 6) is 0. The van der Waals surface area contributed by atoms with Crippen molar-refractivity contribution >= 4 is 0 Å². The van der Waals surface area contributed by atoms with E-state index in [0.29, 0.717) is 0 Å². The lowest BCUT2D eigenvalue weighted by Crippen LogP contribution is -2.29. The number of β-amino-alcohol motifs (C(OH)–C–C–N with tert-alkyl or cyclic N) is 1. The van der Waals surface area contributed by atoms with Crippen LogP contribution in [0.5, 0.6) is 0 Å². The van der Waals surface area contributed by atoms with Crippen molar-refractivity contribution in [3.63, 3.8) is 0 Å². The molecule has 0 radical (unpaired) electrons. The van der Waals surface area contributed by atoms with Crippen LogP contribution < -0.4 is 0 Å². The maximum Gasteiger partial charge on any atom is 0.0758 e. The van der Waals surface area contributed by atoms with E-state index in [9.17, 15) is 5.11 Å². The first kappa shape index (κ1) is 9.55. The van der Waals surface area contributed by atoms with Crippen LogP contribution in [0.1, 0.15) is 19.0 Å². The Balaban J connectivity index is 1.94. The largest absolute Gasteiger partial charge is 0.389 e. The predicted molar refractivity (Wildman–Crippen MR) is 52.5 cm³/mol. The van der Waals surface area contributed by atoms with Gasteiger partial charge >= 0.3 is 0 Å². The summed E-state index contributed by atoms with van der Waals surface area (Å²) in [7, 11) is 0. The Bertz CT molecular complexity index is 299. The summed E-state index contributed by atoms with van der Waals surface area (Å²) in [6.07, 6.45) is 5.98. The molecule has 1 aliphatic heterocycles. The molecule has 14 heavy (non-hydrogen) atoms. The van der Waals surface area contributed by atoms with Crippen molar-refractivity contribution in [2.24, 2.45) is 0 Å². The van der Waals surface area contributed by atoms with Gasteiger partial charge in [0.1, 0.15) is 0 Å². The van der Waals surface area contributed by atoms with Crippen molar-refractivity contribution in [2.75, 3.05) is 13.1 Å². The number of aliphatic hydroxyl groups is 1. The molecular weight excluding hydrogens is 178 g/mol. The summed E-state index contributed by atoms with van der Waals surface area (Å²) in [5.41, 5.74) is 0.438. The van der Waals surface area contributed by atoms with Crippen LogP contribution in [0.4, 0.5) is 0 Å². The lowest BCUT2D eigenvalue weighted by molar-refractivity contribution is 0.0677. The van der Waals surface area contributed by atoms with E-state index in [-0.39, 0.29) is 0 Å². The van der Waals surface area contributed by atoms with E-state index in [4.69, 9.17) is 0 Å². The number of hydrogen-bond acceptors (Lipinski definition) is 4. The zero-order chi connectivity index (χ0) is 10.0. The van der Waals surface area contributed by atoms with Gasteiger partial charge in [0.25, 0.3) is 0 Å². The van der Waals surface area contributed by atoms with Gasteiger partial charge in [0.2, 0.25) is 0 Å². The van der Waals surface area contributed by atoms with Gasteiger partial charge in [0, 0.05) is 38.2 Å². The smallest absolute Gasteiger partial charge is 0.0758 e. The van der Waals surface area contributed by atoms with Gasteiger partial charge in [-0.3, -0.25) is 14.9 Å². The molecule has 4 heteroatoms. The van der Waals surface area contributed by atoms with Crippen molar-refractivity contribution in [1.82, 2.24) is 14.9 Å². The molecule has 4 nitrogen and oxygen atoms in total. The Labute approximate surface area is 83.6 Å². The number of aromatic nitrogens is 2. The summed E-state index contributed by atoms with van der Waals surface area (Å²) in [4.78, 5) is 10.4. The van der Waals surface area contributed by atoms with E-state index < -0.39 is 5.60 Å². The topological polar surface area (TPSA) is 49.2 Å². The minimum Gasteiger partial charge on any atom is -0.389 e. The van der Waals surface area contributed by atoms with Crippen LogP contribution in [0.2, 0.25) is 0 Å². The second-order valence-corrected chi connectivity index (χ2v) is 4.15. The fourth-order valence-corrected chi connectivity index (χ4v) is 1.81. The van der Waals surface area contributed by atoms with Gasteiger partial charge in [-0.25, -0.2) is 0 Å². The van der Waals surface area contributed by atoms with Gasteiger partial charge in [-0.1, -0.05) is 0 Å². The highest BCUT2D eigenvalue weighted by Crippen LogP contribution is 2.21. The maximum atomic E-state index is 9.77. The highest BCUT2D eigenvalue weighted by molar-refractivity contribution is 4.97. The van der Waals surface area contributed by atoms with Crippen LogP contribution in [-0.2, 0) is 6.54 Å². The molecule has 76 valence electrons. The molecular formula is C10H15N3O. The van der Waals surface area contributed by atoms with Crippen molar-refractivity contribution in [3.8, 4) is 0 Å². The molecule has 0 spiro atoms. The maximum absolute atomic E-state index is 9.77. The summed E-state index contributed by atoms with van der Waals surface area (Å²) < 4.78 is 0. The van der Waals surface area contributed by atoms with Gasteiger partial charge in [0.15, 0.2) is 0 Å². The van der Waals surface area contributed by atoms with Crippen molar-refractivity contribution in [1.29, 1.82) is 0 Å². The van der Waals surface area contributed by atoms with E-state index in [1.165, 1.54) is 0 Å². The first-order chi connectivity index (χ1) is 6.66. The lowest BCUT2D eigenvalue weighted by Gasteiger charge is -2.17. The first-order valence-electron chi connectivity index (χ1n) is 4.85. The third kappa shape index (κ3) is 2.27. The molecule has 1 aromatic heterocycles. The van der Waals surface area contributed by atoms with Gasteiger partial charge in [-0.15, -0.1) is 0 Å². The fraction of sp³-hybridized carbons (Fsp3) is 0.600. The average Bonchev–Trinajstić information content (AvgIpc) is 2.47. The molecule has 0 aromatic carbocycles. The van der Waals surface area contributed by atoms with Crippen LogP contribution >= 0.6 is 0 Å². The van der Waals surface area contributed by atoms with Crippen molar-refractivity contribution in [2.45, 2.75) is 25.5 Å². The Morgan fingerprint density at radius 3 is 3.00 bits per heavy atom. The van der Waals surface area contributed by atoms with E-state index in [0.717, 1.165) is 31.7 Å². The standard InChI is InChI=1S/C10H15N3O/c1-10(14)2-5-13(8-10)7-9-6-11-3-4-12-9/h3-4,6,14H,2,5,7-8H2,1H3. The summed E-state index contributed by atoms with van der Waals surface area (Å²) in [6, 6.07) is 0. The Morgan fingerprint density at radius 1 is 1.57 bits per heavy atom. The van der Waals surface area contributed by atoms with Crippen LogP contribution in [0.15, 0.2) is 18.6 Å². The van der Waals surface area contributed by atoms with Crippen LogP contribution in [0.25, 0.3) is 0 Å². The summed E-state index contributed by atoms with van der Waals surface area (Å²) in [6.45, 7) is 4.32. The molecule has 1 unspecified atom stereocenters. The molecule has 2 rings (SSSR count). The molecule has 1 fully saturated rings. The minimum absolute atomic E-state index is 0.526. The van der Waals surface area contributed by atoms with Crippen molar-refractivity contribution in [3.05, 3.63) is 24.3 Å². The molecule has 1 saturated heterocycles. The molecule has 0 aliphatic carbocycles. The summed E-state index contributed by atoms with van der Waals surface area (Å²) in [5, 5.41) is 9.77. The number of likely N-dealkylation sites (tertiary alicyclic amines) is 1. The zero-order valence-electron chi connectivity index (χ0n) is 8.35. The molecule has 0 bridgehead atoms. The van der Waals surface area contributed by atoms with E-state index >= 15 is 0 Å². The third-order valence-electron chi connectivity index (χ3n) is 2.53. The van der Waals surface area contributed by atoms with E-state index in [2.05, 4.69) is 14.9 Å². The monoisotopic (exact) mass is 193 g/mol. The fourth-order valence-electron chi connectivity index (χ4n) is 1.81. The second kappa shape index (κ2) is 3.63. The Morgan fingerprint density at radius 2 is 2.43 bits per heavy atom. The minimum atomic E-state index is -0.526. The van der Waals surface area contributed by atoms with Gasteiger partial charge in [-0.05, 0) is 13.3 Å². The molecule has 1 N–H and O–H groups in total. The van der Waals surface area contributed by atoms with Gasteiger partial charge < -0.3 is 5.11 Å². The number of hydrogen-bond donors (Lipinski definition) is 1. The average molecular weight is 193 g/mol. The van der Waals surface area contributed by atoms with Gasteiger partial charge in [-0.2, -0.15) is 0 Å². The highest BCUT2D eigenvalue weighted by Gasteiger charge is 2.31. The Hall–Kier alpha value is -1.00. The zero-order valence-corrected chi connectivity index (χ0v) is 8.35. The third-order valence-corrected chi connectivity index (χ3v) is 2.53. The second-order valence-electron chi connectivity index (χ2n) is 4.15. The molecule has 0 amide bonds.